The molecule has 1 atom stereocenters. The van der Waals surface area contributed by atoms with Crippen molar-refractivity contribution in [1.29, 1.82) is 0 Å². The number of thioether (sulfide) groups is 1. The number of hydrogen-bond acceptors (Lipinski definition) is 7. The summed E-state index contributed by atoms with van der Waals surface area (Å²) in [5.41, 5.74) is 2.68. The number of nitrogens with zero attached hydrogens (tertiary/aromatic N) is 2. The average Bonchev–Trinajstić information content (AvgIpc) is 3.49. The zero-order valence-electron chi connectivity index (χ0n) is 16.7. The number of ether oxygens (including phenoxy) is 1. The van der Waals surface area contributed by atoms with Gasteiger partial charge in [-0.1, -0.05) is 65.6 Å². The standard InChI is InChI=1S/C22H22N4O3S2/c27-19(23-13-18-7-4-12-29-18)14-30-22-26-25-21(31-22)24-20(28)17-10-8-16(9-11-17)15-5-2-1-3-6-15/h1-3,5-6,8-11,18H,4,7,12-14H2,(H,23,27)(H,24,25,28)/t18-/m0/s1. The number of anilines is 1. The van der Waals surface area contributed by atoms with Crippen molar-refractivity contribution >= 4 is 40.0 Å². The lowest BCUT2D eigenvalue weighted by Gasteiger charge is -2.09. The molecule has 1 aliphatic heterocycles. The fraction of sp³-hybridized carbons (Fsp3) is 0.273. The number of hydrogen-bond donors (Lipinski definition) is 2. The third-order valence-corrected chi connectivity index (χ3v) is 6.73. The van der Waals surface area contributed by atoms with Gasteiger partial charge in [-0.05, 0) is 36.1 Å². The van der Waals surface area contributed by atoms with E-state index in [1.165, 1.54) is 23.1 Å². The highest BCUT2D eigenvalue weighted by molar-refractivity contribution is 8.01. The summed E-state index contributed by atoms with van der Waals surface area (Å²) in [6.07, 6.45) is 2.16. The Morgan fingerprint density at radius 3 is 2.58 bits per heavy atom. The second kappa shape index (κ2) is 10.5. The minimum Gasteiger partial charge on any atom is -0.376 e. The van der Waals surface area contributed by atoms with Crippen LogP contribution in [-0.2, 0) is 9.53 Å². The number of benzene rings is 2. The van der Waals surface area contributed by atoms with E-state index >= 15 is 0 Å². The van der Waals surface area contributed by atoms with E-state index in [1.54, 1.807) is 12.1 Å². The van der Waals surface area contributed by atoms with Gasteiger partial charge in [0, 0.05) is 18.7 Å². The first-order chi connectivity index (χ1) is 15.2. The van der Waals surface area contributed by atoms with Gasteiger partial charge >= 0.3 is 0 Å². The Morgan fingerprint density at radius 1 is 1.06 bits per heavy atom. The van der Waals surface area contributed by atoms with Crippen LogP contribution in [0.2, 0.25) is 0 Å². The minimum atomic E-state index is -0.249. The fourth-order valence-corrected chi connectivity index (χ4v) is 4.72. The molecular formula is C22H22N4O3S2. The summed E-state index contributed by atoms with van der Waals surface area (Å²) in [5.74, 6) is -0.0719. The maximum atomic E-state index is 12.5. The number of aromatic nitrogens is 2. The average molecular weight is 455 g/mol. The van der Waals surface area contributed by atoms with Crippen molar-refractivity contribution in [2.45, 2.75) is 23.3 Å². The monoisotopic (exact) mass is 454 g/mol. The molecule has 0 aliphatic carbocycles. The van der Waals surface area contributed by atoms with Crippen LogP contribution in [0.25, 0.3) is 11.1 Å². The normalized spacial score (nSPS) is 15.5. The number of carbonyl (C=O) groups is 2. The molecule has 2 aromatic carbocycles. The third kappa shape index (κ3) is 6.13. The van der Waals surface area contributed by atoms with Gasteiger partial charge in [-0.2, -0.15) is 0 Å². The summed E-state index contributed by atoms with van der Waals surface area (Å²) >= 11 is 2.54. The predicted octanol–water partition coefficient (Wildman–Crippen LogP) is 3.84. The van der Waals surface area contributed by atoms with Crippen LogP contribution in [0.4, 0.5) is 5.13 Å². The highest BCUT2D eigenvalue weighted by Gasteiger charge is 2.17. The zero-order chi connectivity index (χ0) is 21.5. The van der Waals surface area contributed by atoms with Gasteiger partial charge in [-0.15, -0.1) is 10.2 Å². The second-order valence-electron chi connectivity index (χ2n) is 7.00. The highest BCUT2D eigenvalue weighted by atomic mass is 32.2. The molecule has 3 aromatic rings. The Bertz CT molecular complexity index is 1020. The predicted molar refractivity (Wildman–Crippen MR) is 122 cm³/mol. The van der Waals surface area contributed by atoms with Crippen molar-refractivity contribution in [3.63, 3.8) is 0 Å². The van der Waals surface area contributed by atoms with Crippen molar-refractivity contribution < 1.29 is 14.3 Å². The quantitative estimate of drug-likeness (QED) is 0.397. The van der Waals surface area contributed by atoms with E-state index in [4.69, 9.17) is 4.74 Å². The molecule has 9 heteroatoms. The van der Waals surface area contributed by atoms with E-state index in [-0.39, 0.29) is 23.7 Å². The maximum Gasteiger partial charge on any atom is 0.257 e. The van der Waals surface area contributed by atoms with Crippen molar-refractivity contribution in [3.8, 4) is 11.1 Å². The first-order valence-electron chi connectivity index (χ1n) is 9.99. The lowest BCUT2D eigenvalue weighted by molar-refractivity contribution is -0.119. The van der Waals surface area contributed by atoms with Crippen molar-refractivity contribution in [3.05, 3.63) is 60.2 Å². The molecule has 1 aliphatic rings. The van der Waals surface area contributed by atoms with Gasteiger partial charge in [0.1, 0.15) is 0 Å². The second-order valence-corrected chi connectivity index (χ2v) is 9.20. The summed E-state index contributed by atoms with van der Waals surface area (Å²) in [6.45, 7) is 1.31. The van der Waals surface area contributed by atoms with Gasteiger partial charge in [-0.25, -0.2) is 0 Å². The molecular weight excluding hydrogens is 432 g/mol. The van der Waals surface area contributed by atoms with Crippen LogP contribution < -0.4 is 10.6 Å². The van der Waals surface area contributed by atoms with Crippen LogP contribution in [0, 0.1) is 0 Å². The minimum absolute atomic E-state index is 0.0696. The summed E-state index contributed by atoms with van der Waals surface area (Å²) in [4.78, 5) is 24.5. The molecule has 0 saturated carbocycles. The van der Waals surface area contributed by atoms with Crippen molar-refractivity contribution in [1.82, 2.24) is 15.5 Å². The Kier molecular flexibility index (Phi) is 7.29. The molecule has 0 bridgehead atoms. The van der Waals surface area contributed by atoms with Crippen LogP contribution in [0.5, 0.6) is 0 Å². The SMILES string of the molecule is O=C(CSc1nnc(NC(=O)c2ccc(-c3ccccc3)cc2)s1)NC[C@@H]1CCCO1. The van der Waals surface area contributed by atoms with Crippen LogP contribution in [-0.4, -0.2) is 47.0 Å². The summed E-state index contributed by atoms with van der Waals surface area (Å²) in [5, 5.41) is 14.1. The fourth-order valence-electron chi connectivity index (χ4n) is 3.14. The molecule has 31 heavy (non-hydrogen) atoms. The lowest BCUT2D eigenvalue weighted by Crippen LogP contribution is -2.32. The number of amides is 2. The van der Waals surface area contributed by atoms with Crippen LogP contribution in [0.15, 0.2) is 58.9 Å². The molecule has 160 valence electrons. The topological polar surface area (TPSA) is 93.2 Å². The van der Waals surface area contributed by atoms with Crippen LogP contribution in [0.1, 0.15) is 23.2 Å². The Balaban J connectivity index is 1.25. The van der Waals surface area contributed by atoms with E-state index in [9.17, 15) is 9.59 Å². The Morgan fingerprint density at radius 2 is 1.84 bits per heavy atom. The molecule has 2 amide bonds. The van der Waals surface area contributed by atoms with Gasteiger partial charge in [0.05, 0.1) is 11.9 Å². The first-order valence-corrected chi connectivity index (χ1v) is 11.8. The molecule has 1 aromatic heterocycles. The van der Waals surface area contributed by atoms with E-state index in [2.05, 4.69) is 20.8 Å². The summed E-state index contributed by atoms with van der Waals surface area (Å²) in [6, 6.07) is 17.4. The van der Waals surface area contributed by atoms with Crippen molar-refractivity contribution in [2.24, 2.45) is 0 Å². The molecule has 2 N–H and O–H groups in total. The molecule has 0 radical (unpaired) electrons. The maximum absolute atomic E-state index is 12.5. The van der Waals surface area contributed by atoms with Crippen LogP contribution in [0.3, 0.4) is 0 Å². The van der Waals surface area contributed by atoms with Gasteiger partial charge < -0.3 is 10.1 Å². The van der Waals surface area contributed by atoms with Gasteiger partial charge in [-0.3, -0.25) is 14.9 Å². The molecule has 4 rings (SSSR count). The van der Waals surface area contributed by atoms with Crippen LogP contribution >= 0.6 is 23.1 Å². The summed E-state index contributed by atoms with van der Waals surface area (Å²) < 4.78 is 6.12. The number of nitrogens with one attached hydrogen (secondary N) is 2. The molecule has 1 fully saturated rings. The summed E-state index contributed by atoms with van der Waals surface area (Å²) in [7, 11) is 0. The number of rotatable bonds is 8. The smallest absolute Gasteiger partial charge is 0.257 e. The van der Waals surface area contributed by atoms with Gasteiger partial charge in [0.2, 0.25) is 11.0 Å². The molecule has 2 heterocycles. The highest BCUT2D eigenvalue weighted by Crippen LogP contribution is 2.26. The van der Waals surface area contributed by atoms with Gasteiger partial charge in [0.15, 0.2) is 4.34 Å². The third-order valence-electron chi connectivity index (χ3n) is 4.76. The van der Waals surface area contributed by atoms with Crippen molar-refractivity contribution in [2.75, 3.05) is 24.2 Å². The zero-order valence-corrected chi connectivity index (χ0v) is 18.4. The molecule has 0 spiro atoms. The Hall–Kier alpha value is -2.75. The first kappa shape index (κ1) is 21.5. The Labute approximate surface area is 188 Å². The number of carbonyl (C=O) groups excluding carboxylic acids is 2. The lowest BCUT2D eigenvalue weighted by atomic mass is 10.0. The molecule has 0 unspecified atom stereocenters. The van der Waals surface area contributed by atoms with E-state index in [0.29, 0.717) is 21.6 Å². The van der Waals surface area contributed by atoms with E-state index in [0.717, 1.165) is 30.6 Å². The van der Waals surface area contributed by atoms with Gasteiger partial charge in [0.25, 0.3) is 5.91 Å². The van der Waals surface area contributed by atoms with E-state index < -0.39 is 0 Å². The molecule has 1 saturated heterocycles. The largest absolute Gasteiger partial charge is 0.376 e. The van der Waals surface area contributed by atoms with E-state index in [1.807, 2.05) is 42.5 Å². The molecule has 7 nitrogen and oxygen atoms in total.